The van der Waals surface area contributed by atoms with Gasteiger partial charge in [-0.3, -0.25) is 4.79 Å². The van der Waals surface area contributed by atoms with E-state index in [0.29, 0.717) is 49.2 Å². The SMILES string of the molecule is CCOC(=O)CC(C)Oc1cccc(OCCc2nc(-c3cccc(-c4ccc(C(=O)OCC)cc4)c3)oc2C)c1. The standard InChI is InChI=1S/C33H35NO7/c1-5-37-31(35)19-22(3)40-29-12-8-11-28(21-29)39-18-17-30-23(4)41-32(34-30)27-10-7-9-26(20-27)24-13-15-25(16-14-24)33(36)38-6-2/h7-16,20-22H,5-6,17-19H2,1-4H3. The third-order valence-electron chi connectivity index (χ3n) is 6.24. The average molecular weight is 558 g/mol. The van der Waals surface area contributed by atoms with Crippen LogP contribution in [0.25, 0.3) is 22.6 Å². The number of ether oxygens (including phenoxy) is 4. The summed E-state index contributed by atoms with van der Waals surface area (Å²) < 4.78 is 27.8. The van der Waals surface area contributed by atoms with Crippen molar-refractivity contribution in [3.8, 4) is 34.1 Å². The van der Waals surface area contributed by atoms with Crippen molar-refractivity contribution in [3.05, 3.63) is 89.8 Å². The summed E-state index contributed by atoms with van der Waals surface area (Å²) in [6.07, 6.45) is 0.425. The Morgan fingerprint density at radius 1 is 0.854 bits per heavy atom. The highest BCUT2D eigenvalue weighted by atomic mass is 16.5. The van der Waals surface area contributed by atoms with Crippen LogP contribution < -0.4 is 9.47 Å². The van der Waals surface area contributed by atoms with Gasteiger partial charge >= 0.3 is 11.9 Å². The zero-order chi connectivity index (χ0) is 29.2. The third kappa shape index (κ3) is 8.20. The lowest BCUT2D eigenvalue weighted by Crippen LogP contribution is -2.18. The molecule has 0 aliphatic carbocycles. The molecule has 0 saturated carbocycles. The molecule has 1 heterocycles. The van der Waals surface area contributed by atoms with Crippen LogP contribution in [0.2, 0.25) is 0 Å². The van der Waals surface area contributed by atoms with Crippen molar-refractivity contribution >= 4 is 11.9 Å². The predicted octanol–water partition coefficient (Wildman–Crippen LogP) is 6.84. The monoisotopic (exact) mass is 557 g/mol. The smallest absolute Gasteiger partial charge is 0.338 e. The van der Waals surface area contributed by atoms with Crippen LogP contribution in [0.15, 0.2) is 77.2 Å². The second-order valence-electron chi connectivity index (χ2n) is 9.41. The third-order valence-corrected chi connectivity index (χ3v) is 6.24. The van der Waals surface area contributed by atoms with Crippen molar-refractivity contribution in [2.24, 2.45) is 0 Å². The van der Waals surface area contributed by atoms with E-state index >= 15 is 0 Å². The van der Waals surface area contributed by atoms with Crippen LogP contribution in [0, 0.1) is 6.92 Å². The first-order valence-corrected chi connectivity index (χ1v) is 13.8. The Kier molecular flexibility index (Phi) is 10.2. The highest BCUT2D eigenvalue weighted by molar-refractivity contribution is 5.90. The number of carbonyl (C=O) groups excluding carboxylic acids is 2. The van der Waals surface area contributed by atoms with E-state index in [-0.39, 0.29) is 24.5 Å². The summed E-state index contributed by atoms with van der Waals surface area (Å²) >= 11 is 0. The van der Waals surface area contributed by atoms with Gasteiger partial charge in [0.25, 0.3) is 0 Å². The van der Waals surface area contributed by atoms with Crippen LogP contribution in [0.1, 0.15) is 49.0 Å². The largest absolute Gasteiger partial charge is 0.493 e. The number of nitrogens with zero attached hydrogens (tertiary/aromatic N) is 1. The van der Waals surface area contributed by atoms with Crippen LogP contribution >= 0.6 is 0 Å². The quantitative estimate of drug-likeness (QED) is 0.165. The molecule has 41 heavy (non-hydrogen) atoms. The van der Waals surface area contributed by atoms with E-state index in [0.717, 1.165) is 28.1 Å². The van der Waals surface area contributed by atoms with E-state index in [9.17, 15) is 9.59 Å². The lowest BCUT2D eigenvalue weighted by molar-refractivity contribution is -0.144. The van der Waals surface area contributed by atoms with Gasteiger partial charge in [0.2, 0.25) is 5.89 Å². The Bertz CT molecular complexity index is 1460. The number of esters is 2. The summed E-state index contributed by atoms with van der Waals surface area (Å²) in [5.41, 5.74) is 4.15. The molecule has 0 fully saturated rings. The number of carbonyl (C=O) groups is 2. The van der Waals surface area contributed by atoms with Crippen LogP contribution in [-0.2, 0) is 20.7 Å². The maximum absolute atomic E-state index is 12.0. The van der Waals surface area contributed by atoms with Gasteiger partial charge in [0.05, 0.1) is 37.5 Å². The lowest BCUT2D eigenvalue weighted by Gasteiger charge is -2.15. The second-order valence-corrected chi connectivity index (χ2v) is 9.41. The molecule has 1 aromatic heterocycles. The molecule has 4 rings (SSSR count). The first-order valence-electron chi connectivity index (χ1n) is 13.8. The van der Waals surface area contributed by atoms with Crippen LogP contribution in [0.3, 0.4) is 0 Å². The Balaban J connectivity index is 1.36. The summed E-state index contributed by atoms with van der Waals surface area (Å²) in [6.45, 7) is 8.38. The summed E-state index contributed by atoms with van der Waals surface area (Å²) in [7, 11) is 0. The maximum atomic E-state index is 12.0. The number of hydrogen-bond donors (Lipinski definition) is 0. The van der Waals surface area contributed by atoms with Gasteiger partial charge in [0.15, 0.2) is 0 Å². The molecular weight excluding hydrogens is 522 g/mol. The number of oxazole rings is 1. The van der Waals surface area contributed by atoms with E-state index < -0.39 is 0 Å². The molecule has 0 bridgehead atoms. The Labute approximate surface area is 240 Å². The van der Waals surface area contributed by atoms with Crippen LogP contribution in [-0.4, -0.2) is 42.8 Å². The first-order chi connectivity index (χ1) is 19.9. The molecule has 0 aliphatic rings. The van der Waals surface area contributed by atoms with Gasteiger partial charge in [-0.2, -0.15) is 0 Å². The minimum Gasteiger partial charge on any atom is -0.493 e. The Morgan fingerprint density at radius 2 is 1.56 bits per heavy atom. The van der Waals surface area contributed by atoms with Crippen molar-refractivity contribution in [1.29, 1.82) is 0 Å². The Hall–Kier alpha value is -4.59. The minimum absolute atomic E-state index is 0.178. The number of aryl methyl sites for hydroxylation is 1. The summed E-state index contributed by atoms with van der Waals surface area (Å²) in [5, 5.41) is 0. The molecule has 8 heteroatoms. The van der Waals surface area contributed by atoms with Crippen LogP contribution in [0.4, 0.5) is 0 Å². The maximum Gasteiger partial charge on any atom is 0.338 e. The normalized spacial score (nSPS) is 11.5. The fourth-order valence-corrected chi connectivity index (χ4v) is 4.26. The molecule has 0 radical (unpaired) electrons. The van der Waals surface area contributed by atoms with E-state index in [4.69, 9.17) is 28.3 Å². The van der Waals surface area contributed by atoms with Crippen molar-refractivity contribution in [2.45, 2.75) is 46.6 Å². The van der Waals surface area contributed by atoms with Gasteiger partial charge in [0.1, 0.15) is 23.4 Å². The molecular formula is C33H35NO7. The minimum atomic E-state index is -0.332. The molecule has 1 unspecified atom stereocenters. The van der Waals surface area contributed by atoms with Crippen molar-refractivity contribution in [1.82, 2.24) is 4.98 Å². The van der Waals surface area contributed by atoms with E-state index in [2.05, 4.69) is 0 Å². The van der Waals surface area contributed by atoms with Gasteiger partial charge in [0, 0.05) is 18.1 Å². The average Bonchev–Trinajstić information content (AvgIpc) is 3.34. The van der Waals surface area contributed by atoms with Crippen molar-refractivity contribution < 1.29 is 33.0 Å². The molecule has 0 saturated heterocycles. The van der Waals surface area contributed by atoms with E-state index in [1.54, 1.807) is 32.0 Å². The highest BCUT2D eigenvalue weighted by Gasteiger charge is 2.14. The summed E-state index contributed by atoms with van der Waals surface area (Å²) in [6, 6.07) is 22.6. The van der Waals surface area contributed by atoms with Gasteiger partial charge in [-0.25, -0.2) is 9.78 Å². The molecule has 0 spiro atoms. The molecule has 1 atom stereocenters. The highest BCUT2D eigenvalue weighted by Crippen LogP contribution is 2.28. The van der Waals surface area contributed by atoms with Gasteiger partial charge in [-0.15, -0.1) is 0 Å². The molecule has 8 nitrogen and oxygen atoms in total. The fraction of sp³-hybridized carbons (Fsp3) is 0.303. The number of benzene rings is 3. The molecule has 214 valence electrons. The van der Waals surface area contributed by atoms with Crippen molar-refractivity contribution in [2.75, 3.05) is 19.8 Å². The molecule has 3 aromatic carbocycles. The Morgan fingerprint density at radius 3 is 2.32 bits per heavy atom. The zero-order valence-corrected chi connectivity index (χ0v) is 23.8. The lowest BCUT2D eigenvalue weighted by atomic mass is 10.0. The van der Waals surface area contributed by atoms with Gasteiger partial charge in [-0.1, -0.05) is 30.3 Å². The topological polar surface area (TPSA) is 97.1 Å². The van der Waals surface area contributed by atoms with E-state index in [1.165, 1.54) is 0 Å². The predicted molar refractivity (Wildman–Crippen MR) is 155 cm³/mol. The van der Waals surface area contributed by atoms with Crippen molar-refractivity contribution in [3.63, 3.8) is 0 Å². The van der Waals surface area contributed by atoms with Gasteiger partial charge in [-0.05, 0) is 75.2 Å². The molecule has 4 aromatic rings. The number of hydrogen-bond acceptors (Lipinski definition) is 8. The number of aromatic nitrogens is 1. The second kappa shape index (κ2) is 14.2. The zero-order valence-electron chi connectivity index (χ0n) is 23.8. The summed E-state index contributed by atoms with van der Waals surface area (Å²) in [5.74, 6) is 1.93. The van der Waals surface area contributed by atoms with Gasteiger partial charge < -0.3 is 23.4 Å². The molecule has 0 N–H and O–H groups in total. The molecule has 0 aliphatic heterocycles. The fourth-order valence-electron chi connectivity index (χ4n) is 4.26. The first kappa shape index (κ1) is 29.4. The molecule has 0 amide bonds. The van der Waals surface area contributed by atoms with E-state index in [1.807, 2.05) is 68.4 Å². The number of rotatable bonds is 13. The van der Waals surface area contributed by atoms with Crippen LogP contribution in [0.5, 0.6) is 11.5 Å². The summed E-state index contributed by atoms with van der Waals surface area (Å²) in [4.78, 5) is 28.4.